The van der Waals surface area contributed by atoms with Gasteiger partial charge in [-0.2, -0.15) is 0 Å². The number of nitrogens with zero attached hydrogens (tertiary/aromatic N) is 2. The minimum Gasteiger partial charge on any atom is -0.490 e. The number of piperidine rings is 1. The number of benzene rings is 1. The normalized spacial score (nSPS) is 20.8. The molecule has 144 valence electrons. The van der Waals surface area contributed by atoms with Crippen LogP contribution in [0.25, 0.3) is 0 Å². The van der Waals surface area contributed by atoms with Crippen molar-refractivity contribution in [1.82, 2.24) is 9.80 Å². The largest absolute Gasteiger partial charge is 0.490 e. The third-order valence-electron chi connectivity index (χ3n) is 5.53. The minimum atomic E-state index is 0.216. The Bertz CT molecular complexity index is 578. The van der Waals surface area contributed by atoms with Crippen molar-refractivity contribution in [2.24, 2.45) is 0 Å². The van der Waals surface area contributed by atoms with Gasteiger partial charge in [0.2, 0.25) is 5.91 Å². The average Bonchev–Trinajstić information content (AvgIpc) is 2.67. The molecule has 2 heterocycles. The summed E-state index contributed by atoms with van der Waals surface area (Å²) in [6.45, 7) is 9.50. The van der Waals surface area contributed by atoms with Gasteiger partial charge in [0.25, 0.3) is 0 Å². The molecule has 0 N–H and O–H groups in total. The summed E-state index contributed by atoms with van der Waals surface area (Å²) in [5.74, 6) is 1.23. The molecule has 0 aliphatic carbocycles. The zero-order chi connectivity index (χ0) is 18.4. The van der Waals surface area contributed by atoms with E-state index >= 15 is 0 Å². The van der Waals surface area contributed by atoms with E-state index in [-0.39, 0.29) is 6.10 Å². The fourth-order valence-electron chi connectivity index (χ4n) is 3.80. The Kier molecular flexibility index (Phi) is 6.92. The molecule has 5 nitrogen and oxygen atoms in total. The first kappa shape index (κ1) is 19.2. The second-order valence-corrected chi connectivity index (χ2v) is 7.55. The van der Waals surface area contributed by atoms with E-state index in [1.165, 1.54) is 5.56 Å². The van der Waals surface area contributed by atoms with Crippen LogP contribution in [0.4, 0.5) is 0 Å². The predicted molar refractivity (Wildman–Crippen MR) is 102 cm³/mol. The topological polar surface area (TPSA) is 42.0 Å². The molecular weight excluding hydrogens is 328 g/mol. The third kappa shape index (κ3) is 5.45. The predicted octanol–water partition coefficient (Wildman–Crippen LogP) is 2.87. The number of morpholine rings is 1. The van der Waals surface area contributed by atoms with Gasteiger partial charge < -0.3 is 14.4 Å². The molecule has 2 fully saturated rings. The van der Waals surface area contributed by atoms with Gasteiger partial charge in [0, 0.05) is 51.5 Å². The fourth-order valence-corrected chi connectivity index (χ4v) is 3.80. The Hall–Kier alpha value is -1.59. The molecule has 1 aromatic rings. The molecule has 1 amide bonds. The van der Waals surface area contributed by atoms with Gasteiger partial charge in [0.1, 0.15) is 11.9 Å². The van der Waals surface area contributed by atoms with Crippen molar-refractivity contribution in [2.45, 2.75) is 51.7 Å². The van der Waals surface area contributed by atoms with Crippen LogP contribution in [0, 0.1) is 6.92 Å². The Balaban J connectivity index is 1.37. The smallest absolute Gasteiger partial charge is 0.222 e. The first-order chi connectivity index (χ1) is 12.6. The molecule has 0 unspecified atom stereocenters. The second-order valence-electron chi connectivity index (χ2n) is 7.55. The number of amides is 1. The maximum atomic E-state index is 12.5. The maximum absolute atomic E-state index is 12.5. The highest BCUT2D eigenvalue weighted by Crippen LogP contribution is 2.21. The molecule has 0 spiro atoms. The molecule has 1 aromatic carbocycles. The molecule has 3 rings (SSSR count). The van der Waals surface area contributed by atoms with Crippen molar-refractivity contribution < 1.29 is 14.3 Å². The summed E-state index contributed by atoms with van der Waals surface area (Å²) in [7, 11) is 0. The molecular formula is C21H32N2O3. The van der Waals surface area contributed by atoms with E-state index in [1.807, 2.05) is 17.0 Å². The summed E-state index contributed by atoms with van der Waals surface area (Å²) in [5, 5.41) is 0. The third-order valence-corrected chi connectivity index (χ3v) is 5.53. The van der Waals surface area contributed by atoms with Gasteiger partial charge in [0.15, 0.2) is 0 Å². The Morgan fingerprint density at radius 1 is 1.23 bits per heavy atom. The van der Waals surface area contributed by atoms with Crippen molar-refractivity contribution in [2.75, 3.05) is 39.4 Å². The van der Waals surface area contributed by atoms with Crippen LogP contribution in [0.15, 0.2) is 24.3 Å². The van der Waals surface area contributed by atoms with Gasteiger partial charge in [-0.3, -0.25) is 9.69 Å². The van der Waals surface area contributed by atoms with Crippen molar-refractivity contribution in [1.29, 1.82) is 0 Å². The number of aryl methyl sites for hydroxylation is 1. The summed E-state index contributed by atoms with van der Waals surface area (Å²) in [5.41, 5.74) is 1.21. The molecule has 0 radical (unpaired) electrons. The van der Waals surface area contributed by atoms with Gasteiger partial charge in [-0.25, -0.2) is 0 Å². The highest BCUT2D eigenvalue weighted by Gasteiger charge is 2.25. The highest BCUT2D eigenvalue weighted by atomic mass is 16.5. The molecule has 0 aromatic heterocycles. The van der Waals surface area contributed by atoms with E-state index in [0.29, 0.717) is 18.4 Å². The minimum absolute atomic E-state index is 0.216. The molecule has 0 saturated carbocycles. The molecule has 26 heavy (non-hydrogen) atoms. The van der Waals surface area contributed by atoms with Gasteiger partial charge in [-0.15, -0.1) is 0 Å². The number of carbonyl (C=O) groups is 1. The summed E-state index contributed by atoms with van der Waals surface area (Å²) < 4.78 is 11.5. The first-order valence-corrected chi connectivity index (χ1v) is 9.95. The van der Waals surface area contributed by atoms with E-state index in [1.54, 1.807) is 0 Å². The summed E-state index contributed by atoms with van der Waals surface area (Å²) in [6, 6.07) is 8.64. The Morgan fingerprint density at radius 2 is 1.96 bits per heavy atom. The molecule has 2 saturated heterocycles. The van der Waals surface area contributed by atoms with Gasteiger partial charge in [-0.05, 0) is 38.0 Å². The van der Waals surface area contributed by atoms with Crippen LogP contribution in [-0.4, -0.2) is 67.2 Å². The molecule has 0 bridgehead atoms. The first-order valence-electron chi connectivity index (χ1n) is 9.95. The standard InChI is InChI=1S/C21H32N2O3/c1-17-4-3-5-20(16-17)26-19-8-10-23(11-9-19)21(24)7-6-18(2)22-12-14-25-15-13-22/h3-5,16,18-19H,6-15H2,1-2H3/t18-/m1/s1. The summed E-state index contributed by atoms with van der Waals surface area (Å²) >= 11 is 0. The van der Waals surface area contributed by atoms with Crippen molar-refractivity contribution >= 4 is 5.91 Å². The Morgan fingerprint density at radius 3 is 2.65 bits per heavy atom. The van der Waals surface area contributed by atoms with E-state index in [0.717, 1.165) is 64.4 Å². The van der Waals surface area contributed by atoms with Crippen LogP contribution < -0.4 is 4.74 Å². The summed E-state index contributed by atoms with van der Waals surface area (Å²) in [4.78, 5) is 17.0. The van der Waals surface area contributed by atoms with Crippen LogP contribution in [0.5, 0.6) is 5.75 Å². The summed E-state index contributed by atoms with van der Waals surface area (Å²) in [6.07, 6.45) is 3.62. The molecule has 5 heteroatoms. The number of likely N-dealkylation sites (tertiary alicyclic amines) is 1. The monoisotopic (exact) mass is 360 g/mol. The second kappa shape index (κ2) is 9.38. The van der Waals surface area contributed by atoms with Crippen LogP contribution in [0.3, 0.4) is 0 Å². The lowest BCUT2D eigenvalue weighted by atomic mass is 10.1. The fraction of sp³-hybridized carbons (Fsp3) is 0.667. The lowest BCUT2D eigenvalue weighted by Gasteiger charge is -2.34. The van der Waals surface area contributed by atoms with E-state index in [2.05, 4.69) is 30.9 Å². The van der Waals surface area contributed by atoms with Crippen molar-refractivity contribution in [3.05, 3.63) is 29.8 Å². The Labute approximate surface area is 157 Å². The number of rotatable bonds is 6. The van der Waals surface area contributed by atoms with E-state index < -0.39 is 0 Å². The molecule has 2 aliphatic heterocycles. The van der Waals surface area contributed by atoms with Gasteiger partial charge in [0.05, 0.1) is 13.2 Å². The lowest BCUT2D eigenvalue weighted by molar-refractivity contribution is -0.133. The van der Waals surface area contributed by atoms with Crippen LogP contribution in [-0.2, 0) is 9.53 Å². The lowest BCUT2D eigenvalue weighted by Crippen LogP contribution is -2.44. The zero-order valence-electron chi connectivity index (χ0n) is 16.2. The van der Waals surface area contributed by atoms with Crippen LogP contribution in [0.1, 0.15) is 38.2 Å². The SMILES string of the molecule is Cc1cccc(OC2CCN(C(=O)CC[C@@H](C)N3CCOCC3)CC2)c1. The van der Waals surface area contributed by atoms with E-state index in [4.69, 9.17) is 9.47 Å². The zero-order valence-corrected chi connectivity index (χ0v) is 16.2. The number of ether oxygens (including phenoxy) is 2. The quantitative estimate of drug-likeness (QED) is 0.782. The van der Waals surface area contributed by atoms with Crippen molar-refractivity contribution in [3.63, 3.8) is 0 Å². The number of hydrogen-bond donors (Lipinski definition) is 0. The van der Waals surface area contributed by atoms with Gasteiger partial charge >= 0.3 is 0 Å². The highest BCUT2D eigenvalue weighted by molar-refractivity contribution is 5.76. The van der Waals surface area contributed by atoms with Crippen LogP contribution in [0.2, 0.25) is 0 Å². The maximum Gasteiger partial charge on any atom is 0.222 e. The number of hydrogen-bond acceptors (Lipinski definition) is 4. The van der Waals surface area contributed by atoms with Crippen molar-refractivity contribution in [3.8, 4) is 5.75 Å². The average molecular weight is 360 g/mol. The van der Waals surface area contributed by atoms with E-state index in [9.17, 15) is 4.79 Å². The molecule has 2 aliphatic rings. The number of carbonyl (C=O) groups excluding carboxylic acids is 1. The van der Waals surface area contributed by atoms with Crippen LogP contribution >= 0.6 is 0 Å². The molecule has 1 atom stereocenters. The van der Waals surface area contributed by atoms with Gasteiger partial charge in [-0.1, -0.05) is 12.1 Å².